The number of nitrogens with two attached hydrogens (primary N) is 1. The van der Waals surface area contributed by atoms with E-state index in [1.54, 1.807) is 12.3 Å². The van der Waals surface area contributed by atoms with Crippen molar-refractivity contribution in [2.45, 2.75) is 50.6 Å². The van der Waals surface area contributed by atoms with Gasteiger partial charge in [-0.15, -0.1) is 0 Å². The second kappa shape index (κ2) is 7.22. The first-order chi connectivity index (χ1) is 9.16. The molecule has 0 spiro atoms. The van der Waals surface area contributed by atoms with Crippen molar-refractivity contribution in [2.75, 3.05) is 13.6 Å². The summed E-state index contributed by atoms with van der Waals surface area (Å²) in [5.41, 5.74) is 7.09. The third-order valence-corrected chi connectivity index (χ3v) is 4.35. The molecule has 0 aromatic carbocycles. The van der Waals surface area contributed by atoms with Crippen LogP contribution in [-0.4, -0.2) is 29.5 Å². The summed E-state index contributed by atoms with van der Waals surface area (Å²) in [5, 5.41) is 0.709. The van der Waals surface area contributed by atoms with Crippen LogP contribution >= 0.6 is 11.6 Å². The molecule has 1 aromatic rings. The monoisotopic (exact) mass is 281 g/mol. The second-order valence-corrected chi connectivity index (χ2v) is 6.00. The van der Waals surface area contributed by atoms with Crippen LogP contribution in [0.2, 0.25) is 5.02 Å². The number of nitrogens with zero attached hydrogens (tertiary/aromatic N) is 2. The van der Waals surface area contributed by atoms with E-state index in [0.29, 0.717) is 5.02 Å². The molecule has 1 unspecified atom stereocenters. The van der Waals surface area contributed by atoms with Gasteiger partial charge in [-0.2, -0.15) is 0 Å². The van der Waals surface area contributed by atoms with Crippen LogP contribution in [0.1, 0.15) is 50.3 Å². The standard InChI is InChI=1S/C15H24ClN3/c1-19(13-5-3-2-4-6-13)10-8-14(17)15-11-12(16)7-9-18-15/h7,9,11,13-14H,2-6,8,10,17H2,1H3. The molecule has 0 bridgehead atoms. The van der Waals surface area contributed by atoms with Crippen molar-refractivity contribution in [1.29, 1.82) is 0 Å². The van der Waals surface area contributed by atoms with Crippen molar-refractivity contribution in [3.63, 3.8) is 0 Å². The van der Waals surface area contributed by atoms with E-state index < -0.39 is 0 Å². The molecule has 3 nitrogen and oxygen atoms in total. The van der Waals surface area contributed by atoms with Crippen molar-refractivity contribution in [1.82, 2.24) is 9.88 Å². The van der Waals surface area contributed by atoms with E-state index in [1.165, 1.54) is 32.1 Å². The van der Waals surface area contributed by atoms with Gasteiger partial charge in [0.25, 0.3) is 0 Å². The van der Waals surface area contributed by atoms with Crippen molar-refractivity contribution >= 4 is 11.6 Å². The lowest BCUT2D eigenvalue weighted by Gasteiger charge is -2.31. The van der Waals surface area contributed by atoms with Crippen molar-refractivity contribution in [3.8, 4) is 0 Å². The van der Waals surface area contributed by atoms with E-state index in [0.717, 1.165) is 24.7 Å². The number of rotatable bonds is 5. The molecule has 1 aliphatic rings. The molecule has 0 radical (unpaired) electrons. The van der Waals surface area contributed by atoms with Gasteiger partial charge in [-0.1, -0.05) is 30.9 Å². The van der Waals surface area contributed by atoms with Crippen LogP contribution in [-0.2, 0) is 0 Å². The Kier molecular flexibility index (Phi) is 5.61. The molecule has 106 valence electrons. The summed E-state index contributed by atoms with van der Waals surface area (Å²) < 4.78 is 0. The van der Waals surface area contributed by atoms with Crippen LogP contribution in [0.25, 0.3) is 0 Å². The molecule has 1 atom stereocenters. The summed E-state index contributed by atoms with van der Waals surface area (Å²) in [4.78, 5) is 6.76. The Morgan fingerprint density at radius 3 is 2.84 bits per heavy atom. The highest BCUT2D eigenvalue weighted by molar-refractivity contribution is 6.30. The van der Waals surface area contributed by atoms with Gasteiger partial charge >= 0.3 is 0 Å². The number of aromatic nitrogens is 1. The lowest BCUT2D eigenvalue weighted by molar-refractivity contribution is 0.186. The predicted octanol–water partition coefficient (Wildman–Crippen LogP) is 3.39. The first kappa shape index (κ1) is 14.8. The van der Waals surface area contributed by atoms with E-state index in [2.05, 4.69) is 16.9 Å². The minimum Gasteiger partial charge on any atom is -0.323 e. The van der Waals surface area contributed by atoms with Crippen LogP contribution in [0.15, 0.2) is 18.3 Å². The van der Waals surface area contributed by atoms with Gasteiger partial charge in [0.05, 0.1) is 5.69 Å². The molecule has 2 rings (SSSR count). The maximum absolute atomic E-state index is 6.19. The highest BCUT2D eigenvalue weighted by atomic mass is 35.5. The Balaban J connectivity index is 1.80. The molecule has 19 heavy (non-hydrogen) atoms. The zero-order valence-corrected chi connectivity index (χ0v) is 12.4. The van der Waals surface area contributed by atoms with Crippen LogP contribution in [0.3, 0.4) is 0 Å². The Morgan fingerprint density at radius 2 is 2.16 bits per heavy atom. The lowest BCUT2D eigenvalue weighted by atomic mass is 9.94. The topological polar surface area (TPSA) is 42.1 Å². The number of halogens is 1. The fraction of sp³-hybridized carbons (Fsp3) is 0.667. The van der Waals surface area contributed by atoms with Crippen LogP contribution in [0.4, 0.5) is 0 Å². The first-order valence-electron chi connectivity index (χ1n) is 7.24. The van der Waals surface area contributed by atoms with Gasteiger partial charge in [-0.05, 0) is 45.0 Å². The average molecular weight is 282 g/mol. The fourth-order valence-electron chi connectivity index (χ4n) is 2.82. The first-order valence-corrected chi connectivity index (χ1v) is 7.62. The van der Waals surface area contributed by atoms with Gasteiger partial charge in [0.1, 0.15) is 0 Å². The quantitative estimate of drug-likeness (QED) is 0.899. The van der Waals surface area contributed by atoms with Crippen LogP contribution in [0, 0.1) is 0 Å². The summed E-state index contributed by atoms with van der Waals surface area (Å²) in [6.07, 6.45) is 9.47. The van der Waals surface area contributed by atoms with Crippen molar-refractivity contribution in [3.05, 3.63) is 29.0 Å². The molecular weight excluding hydrogens is 258 g/mol. The molecule has 4 heteroatoms. The van der Waals surface area contributed by atoms with Gasteiger partial charge in [0, 0.05) is 23.3 Å². The maximum atomic E-state index is 6.19. The lowest BCUT2D eigenvalue weighted by Crippen LogP contribution is -2.35. The maximum Gasteiger partial charge on any atom is 0.0586 e. The molecule has 1 saturated carbocycles. The van der Waals surface area contributed by atoms with Crippen LogP contribution < -0.4 is 5.73 Å². The Bertz CT molecular complexity index is 391. The van der Waals surface area contributed by atoms with E-state index in [-0.39, 0.29) is 6.04 Å². The van der Waals surface area contributed by atoms with Crippen molar-refractivity contribution in [2.24, 2.45) is 5.73 Å². The van der Waals surface area contributed by atoms with Crippen molar-refractivity contribution < 1.29 is 0 Å². The van der Waals surface area contributed by atoms with Gasteiger partial charge in [0.2, 0.25) is 0 Å². The van der Waals surface area contributed by atoms with Crippen LogP contribution in [0.5, 0.6) is 0 Å². The summed E-state index contributed by atoms with van der Waals surface area (Å²) in [7, 11) is 2.22. The average Bonchev–Trinajstić information content (AvgIpc) is 2.45. The molecule has 0 amide bonds. The molecule has 1 fully saturated rings. The summed E-state index contributed by atoms with van der Waals surface area (Å²) >= 11 is 5.97. The summed E-state index contributed by atoms with van der Waals surface area (Å²) in [6, 6.07) is 4.37. The SMILES string of the molecule is CN(CCC(N)c1cc(Cl)ccn1)C1CCCCC1. The Morgan fingerprint density at radius 1 is 1.42 bits per heavy atom. The summed E-state index contributed by atoms with van der Waals surface area (Å²) in [6.45, 7) is 1.03. The smallest absolute Gasteiger partial charge is 0.0586 e. The largest absolute Gasteiger partial charge is 0.323 e. The second-order valence-electron chi connectivity index (χ2n) is 5.57. The third kappa shape index (κ3) is 4.44. The van der Waals surface area contributed by atoms with E-state index in [9.17, 15) is 0 Å². The fourth-order valence-corrected chi connectivity index (χ4v) is 2.99. The number of hydrogen-bond donors (Lipinski definition) is 1. The highest BCUT2D eigenvalue weighted by Crippen LogP contribution is 2.23. The van der Waals surface area contributed by atoms with E-state index >= 15 is 0 Å². The molecule has 1 aliphatic carbocycles. The zero-order valence-electron chi connectivity index (χ0n) is 11.7. The predicted molar refractivity (Wildman–Crippen MR) is 80.3 cm³/mol. The van der Waals surface area contributed by atoms with Gasteiger partial charge in [-0.3, -0.25) is 4.98 Å². The highest BCUT2D eigenvalue weighted by Gasteiger charge is 2.18. The van der Waals surface area contributed by atoms with Gasteiger partial charge < -0.3 is 10.6 Å². The van der Waals surface area contributed by atoms with Gasteiger partial charge in [0.15, 0.2) is 0 Å². The van der Waals surface area contributed by atoms with Gasteiger partial charge in [-0.25, -0.2) is 0 Å². The van der Waals surface area contributed by atoms with E-state index in [1.807, 2.05) is 6.07 Å². The zero-order chi connectivity index (χ0) is 13.7. The third-order valence-electron chi connectivity index (χ3n) is 4.11. The molecule has 1 heterocycles. The normalized spacial score (nSPS) is 18.7. The molecule has 0 saturated heterocycles. The Labute approximate surface area is 121 Å². The number of pyridine rings is 1. The van der Waals surface area contributed by atoms with E-state index in [4.69, 9.17) is 17.3 Å². The Hall–Kier alpha value is -0.640. The number of hydrogen-bond acceptors (Lipinski definition) is 3. The summed E-state index contributed by atoms with van der Waals surface area (Å²) in [5.74, 6) is 0. The minimum atomic E-state index is -0.0234. The molecular formula is C15H24ClN3. The molecule has 1 aromatic heterocycles. The molecule has 0 aliphatic heterocycles. The minimum absolute atomic E-state index is 0.0234. The molecule has 2 N–H and O–H groups in total.